The molecule has 2 nitrogen and oxygen atoms in total. The van der Waals surface area contributed by atoms with E-state index in [1.807, 2.05) is 6.07 Å². The van der Waals surface area contributed by atoms with Gasteiger partial charge in [-0.15, -0.1) is 11.3 Å². The van der Waals surface area contributed by atoms with Gasteiger partial charge in [-0.05, 0) is 12.1 Å². The maximum absolute atomic E-state index is 10.8. The zero-order chi connectivity index (χ0) is 9.97. The monoisotopic (exact) mass is 223 g/mol. The van der Waals surface area contributed by atoms with Gasteiger partial charge in [0.1, 0.15) is 0 Å². The Morgan fingerprint density at radius 1 is 1.43 bits per heavy atom. The summed E-state index contributed by atoms with van der Waals surface area (Å²) in [6.07, 6.45) is 2.54. The van der Waals surface area contributed by atoms with Crippen molar-refractivity contribution in [1.29, 1.82) is 0 Å². The predicted octanol–water partition coefficient (Wildman–Crippen LogP) is 3.28. The molecule has 0 aliphatic rings. The molecule has 0 bridgehead atoms. The van der Waals surface area contributed by atoms with Crippen LogP contribution in [0.25, 0.3) is 10.4 Å². The van der Waals surface area contributed by atoms with Crippen molar-refractivity contribution in [3.8, 4) is 10.4 Å². The summed E-state index contributed by atoms with van der Waals surface area (Å²) in [6.45, 7) is 0. The number of thiazole rings is 1. The number of hydrogen-bond donors (Lipinski definition) is 0. The second-order valence-electron chi connectivity index (χ2n) is 2.72. The van der Waals surface area contributed by atoms with E-state index in [1.165, 1.54) is 11.3 Å². The first-order valence-corrected chi connectivity index (χ1v) is 5.20. The molecule has 0 fully saturated rings. The van der Waals surface area contributed by atoms with E-state index in [-0.39, 0.29) is 0 Å². The smallest absolute Gasteiger partial charge is 0.150 e. The molecule has 0 aliphatic carbocycles. The summed E-state index contributed by atoms with van der Waals surface area (Å²) in [5.74, 6) is 0. The molecule has 0 saturated heterocycles. The molecule has 1 aromatic heterocycles. The molecule has 4 heteroatoms. The van der Waals surface area contributed by atoms with Crippen molar-refractivity contribution in [3.05, 3.63) is 40.5 Å². The van der Waals surface area contributed by atoms with Gasteiger partial charge < -0.3 is 0 Å². The van der Waals surface area contributed by atoms with Crippen LogP contribution in [0.4, 0.5) is 0 Å². The first-order valence-electron chi connectivity index (χ1n) is 3.95. The SMILES string of the molecule is O=Cc1cc(Cl)ccc1-c1cncs1. The van der Waals surface area contributed by atoms with Gasteiger partial charge in [-0.25, -0.2) is 0 Å². The van der Waals surface area contributed by atoms with Crippen molar-refractivity contribution in [2.75, 3.05) is 0 Å². The lowest BCUT2D eigenvalue weighted by molar-refractivity contribution is 0.112. The molecule has 1 aromatic carbocycles. The third kappa shape index (κ3) is 1.69. The van der Waals surface area contributed by atoms with Gasteiger partial charge in [-0.2, -0.15) is 0 Å². The molecule has 0 saturated carbocycles. The van der Waals surface area contributed by atoms with Crippen LogP contribution in [0, 0.1) is 0 Å². The Balaban J connectivity index is 2.58. The average molecular weight is 224 g/mol. The highest BCUT2D eigenvalue weighted by Gasteiger charge is 2.06. The molecule has 0 N–H and O–H groups in total. The number of nitrogens with zero attached hydrogens (tertiary/aromatic N) is 1. The molecule has 0 amide bonds. The zero-order valence-corrected chi connectivity index (χ0v) is 8.68. The van der Waals surface area contributed by atoms with E-state index in [0.717, 1.165) is 16.7 Å². The van der Waals surface area contributed by atoms with Gasteiger partial charge >= 0.3 is 0 Å². The van der Waals surface area contributed by atoms with E-state index < -0.39 is 0 Å². The largest absolute Gasteiger partial charge is 0.298 e. The Morgan fingerprint density at radius 3 is 2.93 bits per heavy atom. The summed E-state index contributed by atoms with van der Waals surface area (Å²) in [4.78, 5) is 15.7. The summed E-state index contributed by atoms with van der Waals surface area (Å²) in [7, 11) is 0. The first kappa shape index (κ1) is 9.37. The van der Waals surface area contributed by atoms with Crippen molar-refractivity contribution < 1.29 is 4.79 Å². The Kier molecular flexibility index (Phi) is 2.61. The lowest BCUT2D eigenvalue weighted by atomic mass is 10.1. The van der Waals surface area contributed by atoms with Gasteiger partial charge in [0.15, 0.2) is 6.29 Å². The highest BCUT2D eigenvalue weighted by atomic mass is 35.5. The second kappa shape index (κ2) is 3.90. The summed E-state index contributed by atoms with van der Waals surface area (Å²) in [5, 5.41) is 0.570. The maximum Gasteiger partial charge on any atom is 0.150 e. The third-order valence-corrected chi connectivity index (χ3v) is 2.88. The van der Waals surface area contributed by atoms with Crippen LogP contribution in [-0.4, -0.2) is 11.3 Å². The quantitative estimate of drug-likeness (QED) is 0.732. The molecule has 0 atom stereocenters. The van der Waals surface area contributed by atoms with Crippen molar-refractivity contribution in [2.45, 2.75) is 0 Å². The molecule has 0 aliphatic heterocycles. The minimum atomic E-state index is 0.570. The molecule has 0 spiro atoms. The topological polar surface area (TPSA) is 30.0 Å². The maximum atomic E-state index is 10.8. The van der Waals surface area contributed by atoms with E-state index in [9.17, 15) is 4.79 Å². The second-order valence-corrected chi connectivity index (χ2v) is 4.04. The summed E-state index contributed by atoms with van der Waals surface area (Å²) in [6, 6.07) is 5.26. The lowest BCUT2D eigenvalue weighted by Crippen LogP contribution is -1.84. The molecule has 14 heavy (non-hydrogen) atoms. The molecule has 2 rings (SSSR count). The number of carbonyl (C=O) groups excluding carboxylic acids is 1. The van der Waals surface area contributed by atoms with E-state index in [0.29, 0.717) is 10.6 Å². The van der Waals surface area contributed by atoms with Gasteiger partial charge in [0.25, 0.3) is 0 Å². The standard InChI is InChI=1S/C10H6ClNOS/c11-8-1-2-9(7(3-8)5-13)10-4-12-6-14-10/h1-6H. The number of halogens is 1. The molecule has 0 radical (unpaired) electrons. The van der Waals surface area contributed by atoms with Crippen LogP contribution >= 0.6 is 22.9 Å². The lowest BCUT2D eigenvalue weighted by Gasteiger charge is -2.01. The summed E-state index contributed by atoms with van der Waals surface area (Å²) >= 11 is 7.28. The molecule has 70 valence electrons. The Hall–Kier alpha value is -1.19. The number of carbonyl (C=O) groups is 1. The van der Waals surface area contributed by atoms with Crippen LogP contribution < -0.4 is 0 Å². The number of aldehydes is 1. The Labute approximate surface area is 90.2 Å². The van der Waals surface area contributed by atoms with E-state index >= 15 is 0 Å². The van der Waals surface area contributed by atoms with Gasteiger partial charge in [0, 0.05) is 22.3 Å². The molecule has 0 unspecified atom stereocenters. The van der Waals surface area contributed by atoms with Crippen molar-refractivity contribution in [3.63, 3.8) is 0 Å². The van der Waals surface area contributed by atoms with Crippen molar-refractivity contribution in [2.24, 2.45) is 0 Å². The average Bonchev–Trinajstić information content (AvgIpc) is 2.70. The van der Waals surface area contributed by atoms with Crippen LogP contribution in [-0.2, 0) is 0 Å². The van der Waals surface area contributed by atoms with Crippen LogP contribution in [0.3, 0.4) is 0 Å². The van der Waals surface area contributed by atoms with Gasteiger partial charge in [0.05, 0.1) is 10.4 Å². The third-order valence-electron chi connectivity index (χ3n) is 1.84. The fourth-order valence-electron chi connectivity index (χ4n) is 1.20. The van der Waals surface area contributed by atoms with E-state index in [4.69, 9.17) is 11.6 Å². The van der Waals surface area contributed by atoms with Gasteiger partial charge in [0.2, 0.25) is 0 Å². The van der Waals surface area contributed by atoms with Crippen LogP contribution in [0.2, 0.25) is 5.02 Å². The predicted molar refractivity (Wildman–Crippen MR) is 57.9 cm³/mol. The van der Waals surface area contributed by atoms with E-state index in [2.05, 4.69) is 4.98 Å². The zero-order valence-electron chi connectivity index (χ0n) is 7.11. The number of aromatic nitrogens is 1. The van der Waals surface area contributed by atoms with Crippen LogP contribution in [0.15, 0.2) is 29.9 Å². The number of rotatable bonds is 2. The Morgan fingerprint density at radius 2 is 2.29 bits per heavy atom. The highest BCUT2D eigenvalue weighted by molar-refractivity contribution is 7.13. The minimum absolute atomic E-state index is 0.570. The fourth-order valence-corrected chi connectivity index (χ4v) is 2.05. The van der Waals surface area contributed by atoms with Gasteiger partial charge in [-0.1, -0.05) is 17.7 Å². The Bertz CT molecular complexity index is 453. The molecular weight excluding hydrogens is 218 g/mol. The van der Waals surface area contributed by atoms with Gasteiger partial charge in [-0.3, -0.25) is 9.78 Å². The van der Waals surface area contributed by atoms with Crippen LogP contribution in [0.5, 0.6) is 0 Å². The number of hydrogen-bond acceptors (Lipinski definition) is 3. The summed E-state index contributed by atoms with van der Waals surface area (Å²) < 4.78 is 0. The normalized spacial score (nSPS) is 10.1. The van der Waals surface area contributed by atoms with Crippen molar-refractivity contribution >= 4 is 29.2 Å². The first-order chi connectivity index (χ1) is 6.81. The minimum Gasteiger partial charge on any atom is -0.298 e. The fraction of sp³-hybridized carbons (Fsp3) is 0. The molecule has 2 aromatic rings. The van der Waals surface area contributed by atoms with E-state index in [1.54, 1.807) is 23.8 Å². The van der Waals surface area contributed by atoms with Crippen LogP contribution in [0.1, 0.15) is 10.4 Å². The summed E-state index contributed by atoms with van der Waals surface area (Å²) in [5.41, 5.74) is 3.21. The number of benzene rings is 1. The highest BCUT2D eigenvalue weighted by Crippen LogP contribution is 2.27. The molecular formula is C10H6ClNOS. The molecule has 1 heterocycles. The van der Waals surface area contributed by atoms with Crippen molar-refractivity contribution in [1.82, 2.24) is 4.98 Å².